The fraction of sp³-hybridized carbons (Fsp3) is 0.111. The van der Waals surface area contributed by atoms with Gasteiger partial charge >= 0.3 is 0 Å². The Morgan fingerprint density at radius 3 is 2.39 bits per heavy atom. The van der Waals surface area contributed by atoms with Crippen molar-refractivity contribution >= 4 is 23.5 Å². The molecule has 0 saturated heterocycles. The van der Waals surface area contributed by atoms with Gasteiger partial charge in [0, 0.05) is 11.8 Å². The highest BCUT2D eigenvalue weighted by molar-refractivity contribution is 7.99. The maximum atomic E-state index is 14.6. The van der Waals surface area contributed by atoms with Crippen molar-refractivity contribution in [1.29, 1.82) is 0 Å². The van der Waals surface area contributed by atoms with Crippen LogP contribution < -0.4 is 5.32 Å². The maximum absolute atomic E-state index is 14.6. The predicted molar refractivity (Wildman–Crippen MR) is 139 cm³/mol. The molecule has 2 aromatic heterocycles. The molecule has 0 spiro atoms. The number of halogens is 1. The van der Waals surface area contributed by atoms with Crippen molar-refractivity contribution in [2.45, 2.75) is 18.6 Å². The average molecular weight is 499 g/mol. The number of carbonyl (C=O) groups excluding carboxylic acids is 1. The Morgan fingerprint density at radius 2 is 1.64 bits per heavy atom. The second kappa shape index (κ2) is 10.6. The molecule has 1 amide bonds. The van der Waals surface area contributed by atoms with Crippen molar-refractivity contribution in [1.82, 2.24) is 24.5 Å². The second-order valence-electron chi connectivity index (χ2n) is 8.11. The highest BCUT2D eigenvalue weighted by Gasteiger charge is 2.20. The standard InChI is InChI=1S/C27H23FN6OS/c1-19-16-24(33(32-19)17-20-10-4-2-5-11-20)29-25(35)18-36-27-31-30-26(22-14-8-9-15-23(22)28)34(27)21-12-6-3-7-13-21/h2-16H,17-18H2,1H3,(H,29,35). The number of nitrogens with zero attached hydrogens (tertiary/aromatic N) is 5. The smallest absolute Gasteiger partial charge is 0.235 e. The monoisotopic (exact) mass is 498 g/mol. The summed E-state index contributed by atoms with van der Waals surface area (Å²) in [5, 5.41) is 16.5. The topological polar surface area (TPSA) is 77.6 Å². The van der Waals surface area contributed by atoms with Crippen LogP contribution in [0.2, 0.25) is 0 Å². The summed E-state index contributed by atoms with van der Waals surface area (Å²) in [5.41, 5.74) is 3.01. The first kappa shape index (κ1) is 23.5. The van der Waals surface area contributed by atoms with Crippen molar-refractivity contribution < 1.29 is 9.18 Å². The minimum Gasteiger partial charge on any atom is -0.310 e. The SMILES string of the molecule is Cc1cc(NC(=O)CSc2nnc(-c3ccccc3F)n2-c2ccccc2)n(Cc2ccccc2)n1. The third-order valence-electron chi connectivity index (χ3n) is 5.44. The number of para-hydroxylation sites is 1. The number of anilines is 1. The van der Waals surface area contributed by atoms with E-state index in [0.717, 1.165) is 16.9 Å². The van der Waals surface area contributed by atoms with Crippen LogP contribution >= 0.6 is 11.8 Å². The van der Waals surface area contributed by atoms with Gasteiger partial charge in [-0.2, -0.15) is 5.10 Å². The van der Waals surface area contributed by atoms with Gasteiger partial charge < -0.3 is 5.32 Å². The van der Waals surface area contributed by atoms with Crippen LogP contribution in [-0.4, -0.2) is 36.2 Å². The lowest BCUT2D eigenvalue weighted by Crippen LogP contribution is -2.18. The van der Waals surface area contributed by atoms with Gasteiger partial charge in [-0.15, -0.1) is 10.2 Å². The molecule has 0 aliphatic carbocycles. The lowest BCUT2D eigenvalue weighted by Gasteiger charge is -2.11. The normalized spacial score (nSPS) is 10.9. The van der Waals surface area contributed by atoms with Crippen LogP contribution in [0.15, 0.2) is 96.2 Å². The summed E-state index contributed by atoms with van der Waals surface area (Å²) in [7, 11) is 0. The van der Waals surface area contributed by atoms with Crippen LogP contribution in [0.1, 0.15) is 11.3 Å². The average Bonchev–Trinajstić information content (AvgIpc) is 3.47. The molecule has 5 aromatic rings. The van der Waals surface area contributed by atoms with Gasteiger partial charge in [0.25, 0.3) is 0 Å². The van der Waals surface area contributed by atoms with Crippen LogP contribution in [0.5, 0.6) is 0 Å². The molecular weight excluding hydrogens is 475 g/mol. The lowest BCUT2D eigenvalue weighted by molar-refractivity contribution is -0.113. The second-order valence-corrected chi connectivity index (χ2v) is 9.05. The van der Waals surface area contributed by atoms with E-state index in [1.165, 1.54) is 17.8 Å². The zero-order valence-electron chi connectivity index (χ0n) is 19.5. The van der Waals surface area contributed by atoms with Crippen LogP contribution in [0.25, 0.3) is 17.1 Å². The van der Waals surface area contributed by atoms with E-state index >= 15 is 0 Å². The molecule has 0 radical (unpaired) electrons. The fourth-order valence-electron chi connectivity index (χ4n) is 3.82. The third-order valence-corrected chi connectivity index (χ3v) is 6.37. The van der Waals surface area contributed by atoms with Crippen molar-refractivity contribution in [3.8, 4) is 17.1 Å². The van der Waals surface area contributed by atoms with E-state index < -0.39 is 5.82 Å². The zero-order chi connectivity index (χ0) is 24.9. The van der Waals surface area contributed by atoms with Crippen molar-refractivity contribution in [3.05, 3.63) is 108 Å². The molecule has 3 aromatic carbocycles. The van der Waals surface area contributed by atoms with E-state index in [0.29, 0.717) is 28.9 Å². The summed E-state index contributed by atoms with van der Waals surface area (Å²) in [6.45, 7) is 2.43. The van der Waals surface area contributed by atoms with Crippen molar-refractivity contribution in [3.63, 3.8) is 0 Å². The molecule has 36 heavy (non-hydrogen) atoms. The number of aromatic nitrogens is 5. The lowest BCUT2D eigenvalue weighted by atomic mass is 10.2. The van der Waals surface area contributed by atoms with Gasteiger partial charge in [0.1, 0.15) is 11.6 Å². The molecule has 180 valence electrons. The number of hydrogen-bond donors (Lipinski definition) is 1. The number of thioether (sulfide) groups is 1. The number of carbonyl (C=O) groups is 1. The Morgan fingerprint density at radius 1 is 0.944 bits per heavy atom. The number of hydrogen-bond acceptors (Lipinski definition) is 5. The molecule has 0 saturated carbocycles. The van der Waals surface area contributed by atoms with Gasteiger partial charge in [0.2, 0.25) is 5.91 Å². The Hall–Kier alpha value is -4.24. The zero-order valence-corrected chi connectivity index (χ0v) is 20.3. The van der Waals surface area contributed by atoms with Crippen LogP contribution in [0, 0.1) is 12.7 Å². The van der Waals surface area contributed by atoms with Crippen molar-refractivity contribution in [2.75, 3.05) is 11.1 Å². The molecule has 0 atom stereocenters. The van der Waals surface area contributed by atoms with E-state index in [-0.39, 0.29) is 11.7 Å². The Kier molecular flexibility index (Phi) is 6.90. The molecule has 1 N–H and O–H groups in total. The van der Waals surface area contributed by atoms with Crippen LogP contribution in [-0.2, 0) is 11.3 Å². The maximum Gasteiger partial charge on any atom is 0.235 e. The van der Waals surface area contributed by atoms with E-state index in [9.17, 15) is 9.18 Å². The predicted octanol–water partition coefficient (Wildman–Crippen LogP) is 5.36. The third kappa shape index (κ3) is 5.21. The fourth-order valence-corrected chi connectivity index (χ4v) is 4.57. The molecule has 0 bridgehead atoms. The Labute approximate surface area is 212 Å². The minimum atomic E-state index is -0.390. The van der Waals surface area contributed by atoms with Gasteiger partial charge in [-0.3, -0.25) is 9.36 Å². The molecule has 0 aliphatic heterocycles. The number of aryl methyl sites for hydroxylation is 1. The number of amides is 1. The summed E-state index contributed by atoms with van der Waals surface area (Å²) in [4.78, 5) is 12.9. The van der Waals surface area contributed by atoms with E-state index in [2.05, 4.69) is 20.6 Å². The summed E-state index contributed by atoms with van der Waals surface area (Å²) < 4.78 is 18.1. The molecule has 0 aliphatic rings. The van der Waals surface area contributed by atoms with Crippen molar-refractivity contribution in [2.24, 2.45) is 0 Å². The number of nitrogens with one attached hydrogen (secondary N) is 1. The quantitative estimate of drug-likeness (QED) is 0.292. The van der Waals surface area contributed by atoms with Gasteiger partial charge in [-0.1, -0.05) is 72.4 Å². The first-order valence-corrected chi connectivity index (χ1v) is 12.3. The number of benzene rings is 3. The summed E-state index contributed by atoms with van der Waals surface area (Å²) >= 11 is 1.23. The van der Waals surface area contributed by atoms with Gasteiger partial charge in [0.15, 0.2) is 11.0 Å². The largest absolute Gasteiger partial charge is 0.310 e. The van der Waals surface area contributed by atoms with E-state index in [4.69, 9.17) is 0 Å². The van der Waals surface area contributed by atoms with Gasteiger partial charge in [0.05, 0.1) is 23.6 Å². The molecule has 0 fully saturated rings. The summed E-state index contributed by atoms with van der Waals surface area (Å²) in [5.74, 6) is 0.498. The molecule has 9 heteroatoms. The van der Waals surface area contributed by atoms with E-state index in [1.807, 2.05) is 73.7 Å². The first-order valence-electron chi connectivity index (χ1n) is 11.4. The van der Waals surface area contributed by atoms with Crippen LogP contribution in [0.4, 0.5) is 10.2 Å². The molecule has 2 heterocycles. The highest BCUT2D eigenvalue weighted by atomic mass is 32.2. The van der Waals surface area contributed by atoms with E-state index in [1.54, 1.807) is 27.4 Å². The molecule has 7 nitrogen and oxygen atoms in total. The molecular formula is C27H23FN6OS. The summed E-state index contributed by atoms with van der Waals surface area (Å²) in [6, 6.07) is 27.7. The number of rotatable bonds is 8. The Balaban J connectivity index is 1.35. The minimum absolute atomic E-state index is 0.0950. The highest BCUT2D eigenvalue weighted by Crippen LogP contribution is 2.29. The molecule has 5 rings (SSSR count). The summed E-state index contributed by atoms with van der Waals surface area (Å²) in [6.07, 6.45) is 0. The first-order chi connectivity index (χ1) is 17.6. The van der Waals surface area contributed by atoms with Crippen LogP contribution in [0.3, 0.4) is 0 Å². The van der Waals surface area contributed by atoms with Gasteiger partial charge in [-0.25, -0.2) is 9.07 Å². The molecule has 0 unspecified atom stereocenters. The Bertz CT molecular complexity index is 1480. The van der Waals surface area contributed by atoms with Gasteiger partial charge in [-0.05, 0) is 36.8 Å².